The Morgan fingerprint density at radius 3 is 2.47 bits per heavy atom. The molecule has 0 aliphatic carbocycles. The van der Waals surface area contributed by atoms with E-state index >= 15 is 0 Å². The number of aromatic nitrogens is 4. The molecule has 0 spiro atoms. The lowest BCUT2D eigenvalue weighted by Crippen LogP contribution is -2.56. The van der Waals surface area contributed by atoms with E-state index in [-0.39, 0.29) is 23.8 Å². The number of piperazine rings is 1. The van der Waals surface area contributed by atoms with Gasteiger partial charge in [-0.05, 0) is 50.2 Å². The van der Waals surface area contributed by atoms with Crippen molar-refractivity contribution >= 4 is 28.2 Å². The van der Waals surface area contributed by atoms with Crippen LogP contribution in [0.25, 0.3) is 16.6 Å². The van der Waals surface area contributed by atoms with E-state index in [4.69, 9.17) is 15.5 Å². The van der Waals surface area contributed by atoms with Crippen molar-refractivity contribution in [3.05, 3.63) is 54.1 Å². The van der Waals surface area contributed by atoms with Crippen molar-refractivity contribution in [1.29, 1.82) is 0 Å². The summed E-state index contributed by atoms with van der Waals surface area (Å²) in [6, 6.07) is 12.9. The fourth-order valence-corrected chi connectivity index (χ4v) is 4.78. The summed E-state index contributed by atoms with van der Waals surface area (Å²) in [6.45, 7) is 6.67. The number of halogens is 1. The van der Waals surface area contributed by atoms with Gasteiger partial charge < -0.3 is 15.4 Å². The van der Waals surface area contributed by atoms with Crippen LogP contribution in [0.15, 0.2) is 42.5 Å². The SMILES string of the molecule is COc1cccc2c1nc(N)n1nc(CN3CC(C)N(c4ccc(F)cc4)C(C)C3)nc21. The zero-order valence-corrected chi connectivity index (χ0v) is 18.4. The van der Waals surface area contributed by atoms with Crippen LogP contribution < -0.4 is 15.4 Å². The van der Waals surface area contributed by atoms with Crippen LogP contribution in [0.3, 0.4) is 0 Å². The predicted molar refractivity (Wildman–Crippen MR) is 122 cm³/mol. The summed E-state index contributed by atoms with van der Waals surface area (Å²) in [7, 11) is 1.61. The van der Waals surface area contributed by atoms with Gasteiger partial charge in [-0.3, -0.25) is 4.90 Å². The van der Waals surface area contributed by atoms with E-state index in [1.165, 1.54) is 12.1 Å². The summed E-state index contributed by atoms with van der Waals surface area (Å²) in [4.78, 5) is 13.9. The maximum Gasteiger partial charge on any atom is 0.223 e. The minimum Gasteiger partial charge on any atom is -0.494 e. The maximum absolute atomic E-state index is 13.3. The third kappa shape index (κ3) is 3.48. The van der Waals surface area contributed by atoms with Crippen molar-refractivity contribution in [2.24, 2.45) is 0 Å². The van der Waals surface area contributed by atoms with Crippen molar-refractivity contribution in [3.63, 3.8) is 0 Å². The summed E-state index contributed by atoms with van der Waals surface area (Å²) >= 11 is 0. The van der Waals surface area contributed by atoms with E-state index < -0.39 is 0 Å². The third-order valence-corrected chi connectivity index (χ3v) is 6.04. The van der Waals surface area contributed by atoms with Crippen molar-refractivity contribution in [1.82, 2.24) is 24.5 Å². The summed E-state index contributed by atoms with van der Waals surface area (Å²) < 4.78 is 20.4. The van der Waals surface area contributed by atoms with Crippen LogP contribution in [0.5, 0.6) is 5.75 Å². The molecule has 8 nitrogen and oxygen atoms in total. The molecule has 0 bridgehead atoms. The molecule has 1 fully saturated rings. The molecule has 3 heterocycles. The van der Waals surface area contributed by atoms with E-state index in [9.17, 15) is 4.39 Å². The van der Waals surface area contributed by atoms with Crippen LogP contribution in [0.1, 0.15) is 19.7 Å². The molecule has 32 heavy (non-hydrogen) atoms. The molecular weight excluding hydrogens is 409 g/mol. The number of hydrogen-bond acceptors (Lipinski definition) is 7. The highest BCUT2D eigenvalue weighted by atomic mass is 19.1. The second kappa shape index (κ2) is 7.90. The Morgan fingerprint density at radius 1 is 1.06 bits per heavy atom. The fourth-order valence-electron chi connectivity index (χ4n) is 4.78. The maximum atomic E-state index is 13.3. The van der Waals surface area contributed by atoms with E-state index in [1.807, 2.05) is 30.3 Å². The molecule has 4 aromatic rings. The van der Waals surface area contributed by atoms with E-state index in [1.54, 1.807) is 11.6 Å². The van der Waals surface area contributed by atoms with Crippen LogP contribution in [-0.2, 0) is 6.54 Å². The number of hydrogen-bond donors (Lipinski definition) is 1. The lowest BCUT2D eigenvalue weighted by atomic mass is 10.1. The molecular formula is C23H26FN7O. The van der Waals surface area contributed by atoms with Crippen LogP contribution in [-0.4, -0.2) is 56.8 Å². The molecule has 2 atom stereocenters. The Balaban J connectivity index is 1.41. The van der Waals surface area contributed by atoms with Crippen molar-refractivity contribution in [2.75, 3.05) is 30.8 Å². The average Bonchev–Trinajstić information content (AvgIpc) is 3.19. The second-order valence-electron chi connectivity index (χ2n) is 8.37. The lowest BCUT2D eigenvalue weighted by molar-refractivity contribution is 0.188. The number of methoxy groups -OCH3 is 1. The van der Waals surface area contributed by atoms with Gasteiger partial charge in [0.05, 0.1) is 13.7 Å². The van der Waals surface area contributed by atoms with Gasteiger partial charge >= 0.3 is 0 Å². The highest BCUT2D eigenvalue weighted by Gasteiger charge is 2.30. The molecule has 0 amide bonds. The monoisotopic (exact) mass is 435 g/mol. The summed E-state index contributed by atoms with van der Waals surface area (Å²) in [6.07, 6.45) is 0. The van der Waals surface area contributed by atoms with E-state index in [0.29, 0.717) is 29.3 Å². The van der Waals surface area contributed by atoms with Crippen molar-refractivity contribution in [3.8, 4) is 5.75 Å². The zero-order valence-electron chi connectivity index (χ0n) is 18.4. The van der Waals surface area contributed by atoms with Gasteiger partial charge in [0.15, 0.2) is 11.5 Å². The third-order valence-electron chi connectivity index (χ3n) is 6.04. The smallest absolute Gasteiger partial charge is 0.223 e. The van der Waals surface area contributed by atoms with Gasteiger partial charge in [-0.15, -0.1) is 5.10 Å². The van der Waals surface area contributed by atoms with E-state index in [0.717, 1.165) is 24.2 Å². The summed E-state index contributed by atoms with van der Waals surface area (Å²) in [5.41, 5.74) is 8.56. The van der Waals surface area contributed by atoms with Gasteiger partial charge in [-0.1, -0.05) is 6.07 Å². The van der Waals surface area contributed by atoms with Crippen molar-refractivity contribution in [2.45, 2.75) is 32.5 Å². The van der Waals surface area contributed by atoms with Gasteiger partial charge in [0.1, 0.15) is 17.1 Å². The van der Waals surface area contributed by atoms with Crippen LogP contribution in [0.4, 0.5) is 16.0 Å². The standard InChI is InChI=1S/C23H26FN7O/c1-14-11-29(12-15(2)30(14)17-9-7-16(24)8-10-17)13-20-26-22-18-5-4-6-19(32-3)21(18)27-23(25)31(22)28-20/h4-10,14-15H,11-13H2,1-3H3,(H2,25,27). The number of nitrogen functional groups attached to an aromatic ring is 1. The minimum absolute atomic E-state index is 0.218. The first-order valence-electron chi connectivity index (χ1n) is 10.7. The molecule has 2 aromatic carbocycles. The molecule has 1 saturated heterocycles. The molecule has 2 N–H and O–H groups in total. The number of benzene rings is 2. The Kier molecular flexibility index (Phi) is 5.05. The van der Waals surface area contributed by atoms with Crippen LogP contribution in [0, 0.1) is 5.82 Å². The Bertz CT molecular complexity index is 1260. The normalized spacial score (nSPS) is 19.7. The molecule has 166 valence electrons. The first-order valence-corrected chi connectivity index (χ1v) is 10.7. The molecule has 0 radical (unpaired) electrons. The number of para-hydroxylation sites is 1. The first-order chi connectivity index (χ1) is 15.4. The Labute approximate surface area is 185 Å². The van der Waals surface area contributed by atoms with Gasteiger partial charge in [-0.25, -0.2) is 14.4 Å². The summed E-state index contributed by atoms with van der Waals surface area (Å²) in [5.74, 6) is 1.41. The molecule has 2 unspecified atom stereocenters. The Hall–Kier alpha value is -3.46. The van der Waals surface area contributed by atoms with Crippen LogP contribution >= 0.6 is 0 Å². The van der Waals surface area contributed by atoms with Crippen molar-refractivity contribution < 1.29 is 9.13 Å². The number of ether oxygens (including phenoxy) is 1. The fraction of sp³-hybridized carbons (Fsp3) is 0.348. The Morgan fingerprint density at radius 2 is 1.78 bits per heavy atom. The molecule has 9 heteroatoms. The molecule has 0 saturated carbocycles. The quantitative estimate of drug-likeness (QED) is 0.527. The van der Waals surface area contributed by atoms with Crippen LogP contribution in [0.2, 0.25) is 0 Å². The summed E-state index contributed by atoms with van der Waals surface area (Å²) in [5, 5.41) is 5.48. The molecule has 2 aromatic heterocycles. The first kappa shape index (κ1) is 20.4. The average molecular weight is 436 g/mol. The van der Waals surface area contributed by atoms with Gasteiger partial charge in [0.25, 0.3) is 0 Å². The van der Waals surface area contributed by atoms with Gasteiger partial charge in [-0.2, -0.15) is 4.52 Å². The van der Waals surface area contributed by atoms with Gasteiger partial charge in [0, 0.05) is 36.2 Å². The molecule has 5 rings (SSSR count). The predicted octanol–water partition coefficient (Wildman–Crippen LogP) is 3.11. The lowest BCUT2D eigenvalue weighted by Gasteiger charge is -2.45. The number of nitrogens with two attached hydrogens (primary N) is 1. The van der Waals surface area contributed by atoms with Gasteiger partial charge in [0.2, 0.25) is 5.95 Å². The zero-order chi connectivity index (χ0) is 22.4. The topological polar surface area (TPSA) is 84.8 Å². The highest BCUT2D eigenvalue weighted by Crippen LogP contribution is 2.28. The molecule has 1 aliphatic heterocycles. The number of fused-ring (bicyclic) bond motifs is 3. The number of rotatable bonds is 4. The highest BCUT2D eigenvalue weighted by molar-refractivity contribution is 5.95. The number of anilines is 2. The minimum atomic E-state index is -0.218. The largest absolute Gasteiger partial charge is 0.494 e. The number of nitrogens with zero attached hydrogens (tertiary/aromatic N) is 6. The molecule has 1 aliphatic rings. The second-order valence-corrected chi connectivity index (χ2v) is 8.37. The van der Waals surface area contributed by atoms with E-state index in [2.05, 4.69) is 33.7 Å².